The van der Waals surface area contributed by atoms with Crippen LogP contribution in [0.3, 0.4) is 0 Å². The summed E-state index contributed by atoms with van der Waals surface area (Å²) in [7, 11) is 2.09. The number of hydrogen-bond acceptors (Lipinski definition) is 6. The van der Waals surface area contributed by atoms with Crippen molar-refractivity contribution in [2.45, 2.75) is 25.7 Å². The molecule has 0 N–H and O–H groups in total. The molecular weight excluding hydrogens is 318 g/mol. The molecule has 0 saturated carbocycles. The van der Waals surface area contributed by atoms with Crippen LogP contribution in [0.4, 0.5) is 5.82 Å². The van der Waals surface area contributed by atoms with Crippen molar-refractivity contribution in [3.05, 3.63) is 18.0 Å². The van der Waals surface area contributed by atoms with E-state index in [1.54, 1.807) is 4.52 Å². The molecule has 4 rings (SSSR count). The Morgan fingerprint density at radius 2 is 1.80 bits per heavy atom. The van der Waals surface area contributed by atoms with Gasteiger partial charge in [-0.1, -0.05) is 0 Å². The summed E-state index contributed by atoms with van der Waals surface area (Å²) in [6, 6.07) is 3.97. The standard InChI is InChI=1S/C17H25N7O/c1-21-10-12-23(13-11-21)17(25)7-6-15-19-18-14-4-5-16(20-24(14)15)22-8-2-3-9-22/h4-5H,2-3,6-13H2,1H3. The first-order valence-electron chi connectivity index (χ1n) is 9.13. The number of amides is 1. The molecule has 0 radical (unpaired) electrons. The van der Waals surface area contributed by atoms with Gasteiger partial charge in [0.2, 0.25) is 5.91 Å². The summed E-state index contributed by atoms with van der Waals surface area (Å²) in [5, 5.41) is 13.1. The van der Waals surface area contributed by atoms with Crippen molar-refractivity contribution in [1.82, 2.24) is 29.6 Å². The van der Waals surface area contributed by atoms with Crippen LogP contribution in [-0.4, -0.2) is 81.8 Å². The second-order valence-electron chi connectivity index (χ2n) is 6.96. The first-order chi connectivity index (χ1) is 12.2. The van der Waals surface area contributed by atoms with Crippen molar-refractivity contribution in [3.63, 3.8) is 0 Å². The summed E-state index contributed by atoms with van der Waals surface area (Å²) < 4.78 is 1.80. The zero-order valence-electron chi connectivity index (χ0n) is 14.8. The molecule has 8 heteroatoms. The van der Waals surface area contributed by atoms with Gasteiger partial charge in [-0.25, -0.2) is 0 Å². The van der Waals surface area contributed by atoms with E-state index in [0.717, 1.165) is 56.6 Å². The van der Waals surface area contributed by atoms with Gasteiger partial charge < -0.3 is 14.7 Å². The highest BCUT2D eigenvalue weighted by Gasteiger charge is 2.20. The first kappa shape index (κ1) is 16.3. The van der Waals surface area contributed by atoms with Crippen LogP contribution in [0.5, 0.6) is 0 Å². The van der Waals surface area contributed by atoms with E-state index >= 15 is 0 Å². The van der Waals surface area contributed by atoms with Crippen molar-refractivity contribution >= 4 is 17.4 Å². The van der Waals surface area contributed by atoms with Crippen LogP contribution in [0.15, 0.2) is 12.1 Å². The number of carbonyl (C=O) groups is 1. The van der Waals surface area contributed by atoms with Crippen molar-refractivity contribution in [2.75, 3.05) is 51.2 Å². The number of likely N-dealkylation sites (N-methyl/N-ethyl adjacent to an activating group) is 1. The zero-order valence-corrected chi connectivity index (χ0v) is 14.8. The minimum atomic E-state index is 0.195. The number of fused-ring (bicyclic) bond motifs is 1. The molecule has 2 saturated heterocycles. The average Bonchev–Trinajstić information content (AvgIpc) is 3.30. The Kier molecular flexibility index (Phi) is 4.52. The lowest BCUT2D eigenvalue weighted by atomic mass is 10.2. The number of rotatable bonds is 4. The zero-order chi connectivity index (χ0) is 17.2. The van der Waals surface area contributed by atoms with E-state index in [9.17, 15) is 4.79 Å². The fourth-order valence-corrected chi connectivity index (χ4v) is 3.53. The third-order valence-electron chi connectivity index (χ3n) is 5.16. The van der Waals surface area contributed by atoms with Crippen LogP contribution in [0.2, 0.25) is 0 Å². The lowest BCUT2D eigenvalue weighted by Gasteiger charge is -2.32. The fraction of sp³-hybridized carbons (Fsp3) is 0.647. The second kappa shape index (κ2) is 6.95. The van der Waals surface area contributed by atoms with Crippen LogP contribution in [0, 0.1) is 0 Å². The van der Waals surface area contributed by atoms with Crippen LogP contribution in [-0.2, 0) is 11.2 Å². The molecule has 0 aromatic carbocycles. The predicted octanol–water partition coefficient (Wildman–Crippen LogP) is 0.431. The molecule has 2 aliphatic heterocycles. The molecule has 0 spiro atoms. The Balaban J connectivity index is 1.44. The number of nitrogens with zero attached hydrogens (tertiary/aromatic N) is 7. The van der Waals surface area contributed by atoms with Crippen molar-refractivity contribution in [3.8, 4) is 0 Å². The van der Waals surface area contributed by atoms with E-state index < -0.39 is 0 Å². The van der Waals surface area contributed by atoms with E-state index in [1.165, 1.54) is 12.8 Å². The molecule has 2 aromatic rings. The van der Waals surface area contributed by atoms with Crippen LogP contribution >= 0.6 is 0 Å². The molecule has 1 amide bonds. The molecule has 2 aromatic heterocycles. The summed E-state index contributed by atoms with van der Waals surface area (Å²) in [5.74, 6) is 1.93. The van der Waals surface area contributed by atoms with Gasteiger partial charge in [0.15, 0.2) is 11.5 Å². The largest absolute Gasteiger partial charge is 0.355 e. The minimum absolute atomic E-state index is 0.195. The van der Waals surface area contributed by atoms with E-state index in [-0.39, 0.29) is 5.91 Å². The summed E-state index contributed by atoms with van der Waals surface area (Å²) in [5.41, 5.74) is 0.741. The van der Waals surface area contributed by atoms with E-state index in [0.29, 0.717) is 12.8 Å². The van der Waals surface area contributed by atoms with E-state index in [2.05, 4.69) is 27.0 Å². The Labute approximate surface area is 147 Å². The van der Waals surface area contributed by atoms with E-state index in [1.807, 2.05) is 17.0 Å². The van der Waals surface area contributed by atoms with Gasteiger partial charge in [-0.05, 0) is 32.0 Å². The lowest BCUT2D eigenvalue weighted by Crippen LogP contribution is -2.47. The number of aromatic nitrogens is 4. The molecule has 0 unspecified atom stereocenters. The molecule has 25 heavy (non-hydrogen) atoms. The number of carbonyl (C=O) groups excluding carboxylic acids is 1. The molecule has 134 valence electrons. The molecule has 4 heterocycles. The SMILES string of the molecule is CN1CCN(C(=O)CCc2nnc3ccc(N4CCCC4)nn23)CC1. The summed E-state index contributed by atoms with van der Waals surface area (Å²) >= 11 is 0. The van der Waals surface area contributed by atoms with Crippen molar-refractivity contribution in [1.29, 1.82) is 0 Å². The molecule has 0 atom stereocenters. The van der Waals surface area contributed by atoms with Gasteiger partial charge in [0.05, 0.1) is 0 Å². The Hall–Kier alpha value is -2.22. The Morgan fingerprint density at radius 1 is 1.04 bits per heavy atom. The lowest BCUT2D eigenvalue weighted by molar-refractivity contribution is -0.132. The highest BCUT2D eigenvalue weighted by atomic mass is 16.2. The smallest absolute Gasteiger partial charge is 0.223 e. The predicted molar refractivity (Wildman–Crippen MR) is 94.6 cm³/mol. The summed E-state index contributed by atoms with van der Waals surface area (Å²) in [6.07, 6.45) is 3.46. The highest BCUT2D eigenvalue weighted by molar-refractivity contribution is 5.76. The van der Waals surface area contributed by atoms with E-state index in [4.69, 9.17) is 5.10 Å². The molecule has 2 fully saturated rings. The van der Waals surface area contributed by atoms with Gasteiger partial charge in [0, 0.05) is 52.1 Å². The number of anilines is 1. The molecule has 2 aliphatic rings. The second-order valence-corrected chi connectivity index (χ2v) is 6.96. The van der Waals surface area contributed by atoms with Crippen LogP contribution in [0.1, 0.15) is 25.1 Å². The maximum atomic E-state index is 12.4. The normalized spacial score (nSPS) is 19.1. The molecule has 8 nitrogen and oxygen atoms in total. The molecule has 0 bridgehead atoms. The van der Waals surface area contributed by atoms with Gasteiger partial charge in [0.25, 0.3) is 0 Å². The minimum Gasteiger partial charge on any atom is -0.355 e. The third-order valence-corrected chi connectivity index (χ3v) is 5.16. The highest BCUT2D eigenvalue weighted by Crippen LogP contribution is 2.18. The van der Waals surface area contributed by atoms with Crippen molar-refractivity contribution < 1.29 is 4.79 Å². The van der Waals surface area contributed by atoms with Gasteiger partial charge >= 0.3 is 0 Å². The van der Waals surface area contributed by atoms with Gasteiger partial charge in [-0.15, -0.1) is 15.3 Å². The number of hydrogen-bond donors (Lipinski definition) is 0. The maximum absolute atomic E-state index is 12.4. The monoisotopic (exact) mass is 343 g/mol. The third kappa shape index (κ3) is 3.44. The Morgan fingerprint density at radius 3 is 2.56 bits per heavy atom. The van der Waals surface area contributed by atoms with Gasteiger partial charge in [-0.2, -0.15) is 4.52 Å². The van der Waals surface area contributed by atoms with Crippen molar-refractivity contribution in [2.24, 2.45) is 0 Å². The summed E-state index contributed by atoms with van der Waals surface area (Å²) in [6.45, 7) is 5.62. The fourth-order valence-electron chi connectivity index (χ4n) is 3.53. The Bertz CT molecular complexity index is 745. The summed E-state index contributed by atoms with van der Waals surface area (Å²) in [4.78, 5) is 18.9. The van der Waals surface area contributed by atoms with Gasteiger partial charge in [-0.3, -0.25) is 4.79 Å². The number of aryl methyl sites for hydroxylation is 1. The number of piperazine rings is 1. The maximum Gasteiger partial charge on any atom is 0.223 e. The van der Waals surface area contributed by atoms with Gasteiger partial charge in [0.1, 0.15) is 5.82 Å². The van der Waals surface area contributed by atoms with Crippen LogP contribution in [0.25, 0.3) is 5.65 Å². The first-order valence-corrected chi connectivity index (χ1v) is 9.13. The molecular formula is C17H25N7O. The quantitative estimate of drug-likeness (QED) is 0.802. The molecule has 0 aliphatic carbocycles. The average molecular weight is 343 g/mol. The topological polar surface area (TPSA) is 69.9 Å². The van der Waals surface area contributed by atoms with Crippen LogP contribution < -0.4 is 4.90 Å².